The van der Waals surface area contributed by atoms with Crippen molar-refractivity contribution in [2.24, 2.45) is 0 Å². The Balaban J connectivity index is 1.20. The number of furan rings is 1. The molecular formula is C57H41NO. The molecule has 0 atom stereocenters. The Morgan fingerprint density at radius 3 is 1.61 bits per heavy atom. The van der Waals surface area contributed by atoms with Crippen LogP contribution in [0.4, 0.5) is 17.1 Å². The van der Waals surface area contributed by atoms with Gasteiger partial charge in [0.2, 0.25) is 0 Å². The second kappa shape index (κ2) is 13.9. The molecule has 9 aromatic carbocycles. The summed E-state index contributed by atoms with van der Waals surface area (Å²) < 4.78 is 6.88. The molecule has 59 heavy (non-hydrogen) atoms. The summed E-state index contributed by atoms with van der Waals surface area (Å²) in [5, 5.41) is 2.16. The quantitative estimate of drug-likeness (QED) is 0.161. The van der Waals surface area contributed by atoms with E-state index in [-0.39, 0.29) is 5.41 Å². The van der Waals surface area contributed by atoms with Crippen LogP contribution in [-0.4, -0.2) is 0 Å². The van der Waals surface area contributed by atoms with E-state index in [1.807, 2.05) is 0 Å². The molecule has 1 aliphatic carbocycles. The molecule has 0 saturated carbocycles. The Labute approximate surface area is 345 Å². The summed E-state index contributed by atoms with van der Waals surface area (Å²) in [6, 6.07) is 76.7. The van der Waals surface area contributed by atoms with E-state index in [9.17, 15) is 0 Å². The summed E-state index contributed by atoms with van der Waals surface area (Å²) in [6.07, 6.45) is 0. The highest BCUT2D eigenvalue weighted by Gasteiger charge is 2.38. The smallest absolute Gasteiger partial charge is 0.145 e. The number of rotatable bonds is 7. The van der Waals surface area contributed by atoms with Crippen molar-refractivity contribution in [2.45, 2.75) is 19.3 Å². The lowest BCUT2D eigenvalue weighted by molar-refractivity contribution is 0.662. The summed E-state index contributed by atoms with van der Waals surface area (Å²) in [5.74, 6) is 0. The van der Waals surface area contributed by atoms with Gasteiger partial charge in [-0.3, -0.25) is 0 Å². The number of para-hydroxylation sites is 3. The molecule has 2 nitrogen and oxygen atoms in total. The monoisotopic (exact) mass is 755 g/mol. The van der Waals surface area contributed by atoms with Gasteiger partial charge in [0, 0.05) is 27.5 Å². The van der Waals surface area contributed by atoms with Crippen molar-refractivity contribution < 1.29 is 4.42 Å². The van der Waals surface area contributed by atoms with Crippen molar-refractivity contribution in [3.05, 3.63) is 223 Å². The number of hydrogen-bond donors (Lipinski definition) is 0. The molecule has 1 aromatic heterocycles. The maximum Gasteiger partial charge on any atom is 0.145 e. The van der Waals surface area contributed by atoms with Crippen molar-refractivity contribution >= 4 is 39.0 Å². The summed E-state index contributed by atoms with van der Waals surface area (Å²) in [6.45, 7) is 4.75. The predicted octanol–water partition coefficient (Wildman–Crippen LogP) is 16.0. The van der Waals surface area contributed by atoms with Crippen LogP contribution >= 0.6 is 0 Å². The highest BCUT2D eigenvalue weighted by Crippen LogP contribution is 2.55. The molecule has 1 heterocycles. The van der Waals surface area contributed by atoms with Gasteiger partial charge >= 0.3 is 0 Å². The topological polar surface area (TPSA) is 16.4 Å². The van der Waals surface area contributed by atoms with Crippen LogP contribution in [0.5, 0.6) is 0 Å². The molecule has 0 unspecified atom stereocenters. The van der Waals surface area contributed by atoms with E-state index in [4.69, 9.17) is 4.42 Å². The predicted molar refractivity (Wildman–Crippen MR) is 248 cm³/mol. The fraction of sp³-hybridized carbons (Fsp3) is 0.0526. The van der Waals surface area contributed by atoms with E-state index in [0.717, 1.165) is 61.3 Å². The first-order valence-corrected chi connectivity index (χ1v) is 20.4. The van der Waals surface area contributed by atoms with Gasteiger partial charge in [0.25, 0.3) is 0 Å². The number of hydrogen-bond acceptors (Lipinski definition) is 2. The minimum absolute atomic E-state index is 0.190. The summed E-state index contributed by atoms with van der Waals surface area (Å²) in [5.41, 5.74) is 19.4. The van der Waals surface area contributed by atoms with Crippen LogP contribution in [0.1, 0.15) is 25.0 Å². The molecule has 0 N–H and O–H groups in total. The molecule has 0 bridgehead atoms. The molecule has 11 rings (SSSR count). The summed E-state index contributed by atoms with van der Waals surface area (Å²) in [4.78, 5) is 2.49. The Hall–Kier alpha value is -7.42. The molecule has 2 heteroatoms. The molecule has 280 valence electrons. The Morgan fingerprint density at radius 1 is 0.356 bits per heavy atom. The van der Waals surface area contributed by atoms with E-state index in [0.29, 0.717) is 0 Å². The normalized spacial score (nSPS) is 12.7. The van der Waals surface area contributed by atoms with Crippen LogP contribution in [-0.2, 0) is 5.41 Å². The average Bonchev–Trinajstić information content (AvgIpc) is 3.80. The zero-order chi connectivity index (χ0) is 39.5. The molecule has 0 fully saturated rings. The van der Waals surface area contributed by atoms with Gasteiger partial charge in [-0.1, -0.05) is 196 Å². The Bertz CT molecular complexity index is 3170. The van der Waals surface area contributed by atoms with Crippen LogP contribution in [0.15, 0.2) is 217 Å². The molecule has 0 aliphatic heterocycles. The third-order valence-electron chi connectivity index (χ3n) is 12.3. The van der Waals surface area contributed by atoms with Crippen molar-refractivity contribution in [3.63, 3.8) is 0 Å². The summed E-state index contributed by atoms with van der Waals surface area (Å²) >= 11 is 0. The zero-order valence-corrected chi connectivity index (χ0v) is 33.1. The van der Waals surface area contributed by atoms with Crippen LogP contribution < -0.4 is 4.90 Å². The zero-order valence-electron chi connectivity index (χ0n) is 33.1. The van der Waals surface area contributed by atoms with Gasteiger partial charge in [-0.25, -0.2) is 0 Å². The van der Waals surface area contributed by atoms with Crippen molar-refractivity contribution in [2.75, 3.05) is 4.90 Å². The lowest BCUT2D eigenvalue weighted by Gasteiger charge is -2.32. The van der Waals surface area contributed by atoms with E-state index in [2.05, 4.69) is 231 Å². The molecule has 0 radical (unpaired) electrons. The van der Waals surface area contributed by atoms with Gasteiger partial charge in [-0.2, -0.15) is 0 Å². The lowest BCUT2D eigenvalue weighted by Crippen LogP contribution is -2.17. The first kappa shape index (κ1) is 34.8. The third kappa shape index (κ3) is 5.63. The van der Waals surface area contributed by atoms with Crippen LogP contribution in [0.2, 0.25) is 0 Å². The molecule has 10 aromatic rings. The highest BCUT2D eigenvalue weighted by atomic mass is 16.3. The van der Waals surface area contributed by atoms with Gasteiger partial charge in [-0.05, 0) is 80.4 Å². The van der Waals surface area contributed by atoms with E-state index in [1.165, 1.54) is 44.5 Å². The van der Waals surface area contributed by atoms with Gasteiger partial charge in [-0.15, -0.1) is 0 Å². The lowest BCUT2D eigenvalue weighted by atomic mass is 9.78. The van der Waals surface area contributed by atoms with Gasteiger partial charge in [0.15, 0.2) is 0 Å². The van der Waals surface area contributed by atoms with Gasteiger partial charge in [0.1, 0.15) is 11.2 Å². The number of anilines is 3. The maximum atomic E-state index is 6.88. The second-order valence-electron chi connectivity index (χ2n) is 16.0. The molecule has 0 spiro atoms. The Kier molecular flexibility index (Phi) is 8.20. The first-order valence-electron chi connectivity index (χ1n) is 20.4. The van der Waals surface area contributed by atoms with Crippen LogP contribution in [0.3, 0.4) is 0 Å². The molecule has 0 amide bonds. The fourth-order valence-electron chi connectivity index (χ4n) is 9.59. The fourth-order valence-corrected chi connectivity index (χ4v) is 9.59. The van der Waals surface area contributed by atoms with Crippen molar-refractivity contribution in [1.29, 1.82) is 0 Å². The minimum Gasteiger partial charge on any atom is -0.455 e. The van der Waals surface area contributed by atoms with E-state index >= 15 is 0 Å². The van der Waals surface area contributed by atoms with E-state index in [1.54, 1.807) is 0 Å². The third-order valence-corrected chi connectivity index (χ3v) is 12.3. The summed E-state index contributed by atoms with van der Waals surface area (Å²) in [7, 11) is 0. The van der Waals surface area contributed by atoms with Gasteiger partial charge < -0.3 is 9.32 Å². The molecular weight excluding hydrogens is 715 g/mol. The molecule has 0 saturated heterocycles. The highest BCUT2D eigenvalue weighted by molar-refractivity contribution is 6.18. The van der Waals surface area contributed by atoms with Crippen molar-refractivity contribution in [1.82, 2.24) is 0 Å². The maximum absolute atomic E-state index is 6.88. The average molecular weight is 756 g/mol. The largest absolute Gasteiger partial charge is 0.455 e. The standard InChI is InChI=1S/C57H41NO/c1-57(2)49-28-13-9-23-44(49)46-26-17-27-47(55(46)57)45-24-11-15-30-51(45)58(50-29-14-10-22-42(50)41-34-32-39(33-35-41)38-18-5-3-6-19-38)52-37-36-43(40-20-7-4-8-21-40)56-54(52)48-25-12-16-31-53(48)59-56/h3-37H,1-2H3. The first-order chi connectivity index (χ1) is 29.1. The number of fused-ring (bicyclic) bond motifs is 6. The number of benzene rings is 9. The van der Waals surface area contributed by atoms with Crippen LogP contribution in [0, 0.1) is 0 Å². The number of nitrogens with zero attached hydrogens (tertiary/aromatic N) is 1. The van der Waals surface area contributed by atoms with Crippen LogP contribution in [0.25, 0.3) is 77.6 Å². The van der Waals surface area contributed by atoms with Crippen molar-refractivity contribution in [3.8, 4) is 55.6 Å². The Morgan fingerprint density at radius 2 is 0.864 bits per heavy atom. The van der Waals surface area contributed by atoms with E-state index < -0.39 is 0 Å². The SMILES string of the molecule is CC1(C)c2ccccc2-c2cccc(-c3ccccc3N(c3ccccc3-c3ccc(-c4ccccc4)cc3)c3ccc(-c4ccccc4)c4oc5ccccc5c34)c21. The minimum atomic E-state index is -0.190. The second-order valence-corrected chi connectivity index (χ2v) is 16.0. The van der Waals surface area contributed by atoms with Gasteiger partial charge in [0.05, 0.1) is 22.4 Å². The molecule has 1 aliphatic rings.